The van der Waals surface area contributed by atoms with Crippen molar-refractivity contribution in [3.63, 3.8) is 0 Å². The third-order valence-corrected chi connectivity index (χ3v) is 2.95. The minimum atomic E-state index is -0.415. The van der Waals surface area contributed by atoms with Crippen LogP contribution in [-0.4, -0.2) is 28.8 Å². The quantitative estimate of drug-likeness (QED) is 0.862. The van der Waals surface area contributed by atoms with Crippen LogP contribution in [0.4, 0.5) is 0 Å². The number of aryl methyl sites for hydroxylation is 1. The Balaban J connectivity index is 2.55. The summed E-state index contributed by atoms with van der Waals surface area (Å²) in [4.78, 5) is 14.2. The average molecular weight is 280 g/mol. The van der Waals surface area contributed by atoms with Gasteiger partial charge in [0, 0.05) is 19.7 Å². The van der Waals surface area contributed by atoms with Gasteiger partial charge in [0.15, 0.2) is 0 Å². The number of rotatable bonds is 3. The Morgan fingerprint density at radius 3 is 2.52 bits per heavy atom. The minimum absolute atomic E-state index is 0.0867. The van der Waals surface area contributed by atoms with E-state index in [2.05, 4.69) is 5.10 Å². The molecule has 0 radical (unpaired) electrons. The van der Waals surface area contributed by atoms with Gasteiger partial charge < -0.3 is 4.90 Å². The largest absolute Gasteiger partial charge is 0.383 e. The molecule has 0 saturated carbocycles. The fourth-order valence-corrected chi connectivity index (χ4v) is 1.80. The highest BCUT2D eigenvalue weighted by molar-refractivity contribution is 5.56. The van der Waals surface area contributed by atoms with Crippen LogP contribution in [-0.2, 0) is 0 Å². The number of nitrogens with zero attached hydrogens (tertiary/aromatic N) is 4. The molecule has 0 bridgehead atoms. The molecule has 0 aliphatic carbocycles. The van der Waals surface area contributed by atoms with Gasteiger partial charge in [-0.15, -0.1) is 0 Å². The van der Waals surface area contributed by atoms with Crippen molar-refractivity contribution >= 4 is 6.08 Å². The van der Waals surface area contributed by atoms with Crippen LogP contribution in [0.3, 0.4) is 0 Å². The van der Waals surface area contributed by atoms with Crippen LogP contribution in [0.2, 0.25) is 0 Å². The van der Waals surface area contributed by atoms with Gasteiger partial charge in [0.25, 0.3) is 5.56 Å². The van der Waals surface area contributed by atoms with E-state index in [0.29, 0.717) is 11.3 Å². The molecule has 2 aromatic rings. The third kappa shape index (κ3) is 3.18. The first-order valence-corrected chi connectivity index (χ1v) is 6.47. The van der Waals surface area contributed by atoms with E-state index in [9.17, 15) is 10.1 Å². The maximum absolute atomic E-state index is 12.4. The molecule has 5 nitrogen and oxygen atoms in total. The second-order valence-corrected chi connectivity index (χ2v) is 4.92. The molecule has 21 heavy (non-hydrogen) atoms. The van der Waals surface area contributed by atoms with Gasteiger partial charge >= 0.3 is 0 Å². The smallest absolute Gasteiger partial charge is 0.290 e. The Hall–Kier alpha value is -2.87. The van der Waals surface area contributed by atoms with Crippen molar-refractivity contribution in [1.82, 2.24) is 14.7 Å². The van der Waals surface area contributed by atoms with E-state index in [1.807, 2.05) is 44.1 Å². The summed E-state index contributed by atoms with van der Waals surface area (Å²) in [5.74, 6) is 0. The highest BCUT2D eigenvalue weighted by Crippen LogP contribution is 2.09. The Morgan fingerprint density at radius 1 is 1.29 bits per heavy atom. The van der Waals surface area contributed by atoms with Gasteiger partial charge in [0.1, 0.15) is 11.6 Å². The molecule has 0 aliphatic heterocycles. The normalized spacial score (nSPS) is 10.6. The number of hydrogen-bond acceptors (Lipinski definition) is 4. The molecule has 0 saturated heterocycles. The summed E-state index contributed by atoms with van der Waals surface area (Å²) in [5, 5.41) is 13.4. The van der Waals surface area contributed by atoms with Crippen LogP contribution in [0.15, 0.2) is 41.5 Å². The number of hydrogen-bond donors (Lipinski definition) is 0. The zero-order valence-electron chi connectivity index (χ0n) is 12.2. The summed E-state index contributed by atoms with van der Waals surface area (Å²) >= 11 is 0. The molecule has 0 N–H and O–H groups in total. The van der Waals surface area contributed by atoms with E-state index < -0.39 is 5.56 Å². The summed E-state index contributed by atoms with van der Waals surface area (Å²) in [6.45, 7) is 1.97. The fourth-order valence-electron chi connectivity index (χ4n) is 1.80. The van der Waals surface area contributed by atoms with E-state index in [4.69, 9.17) is 0 Å². The zero-order valence-corrected chi connectivity index (χ0v) is 12.2. The molecular formula is C16H16N4O. The van der Waals surface area contributed by atoms with Crippen LogP contribution < -0.4 is 5.56 Å². The summed E-state index contributed by atoms with van der Waals surface area (Å²) < 4.78 is 1.24. The topological polar surface area (TPSA) is 61.9 Å². The van der Waals surface area contributed by atoms with Crippen LogP contribution in [0.25, 0.3) is 11.8 Å². The zero-order chi connectivity index (χ0) is 15.4. The van der Waals surface area contributed by atoms with Crippen LogP contribution in [0.5, 0.6) is 0 Å². The van der Waals surface area contributed by atoms with Crippen LogP contribution in [0, 0.1) is 18.3 Å². The van der Waals surface area contributed by atoms with Crippen molar-refractivity contribution in [2.24, 2.45) is 0 Å². The van der Waals surface area contributed by atoms with Crippen molar-refractivity contribution < 1.29 is 0 Å². The molecule has 1 aromatic heterocycles. The first-order valence-electron chi connectivity index (χ1n) is 6.47. The lowest BCUT2D eigenvalue weighted by Gasteiger charge is -2.07. The van der Waals surface area contributed by atoms with Crippen LogP contribution in [0.1, 0.15) is 16.7 Å². The van der Waals surface area contributed by atoms with E-state index in [-0.39, 0.29) is 5.56 Å². The minimum Gasteiger partial charge on any atom is -0.383 e. The first kappa shape index (κ1) is 14.5. The monoisotopic (exact) mass is 280 g/mol. The Kier molecular flexibility index (Phi) is 4.19. The van der Waals surface area contributed by atoms with Crippen molar-refractivity contribution in [3.05, 3.63) is 63.7 Å². The molecule has 0 aliphatic rings. The molecule has 2 rings (SSSR count). The van der Waals surface area contributed by atoms with Gasteiger partial charge in [-0.1, -0.05) is 17.7 Å². The highest BCUT2D eigenvalue weighted by atomic mass is 16.1. The predicted octanol–water partition coefficient (Wildman–Crippen LogP) is 1.94. The van der Waals surface area contributed by atoms with Gasteiger partial charge in [-0.3, -0.25) is 4.79 Å². The molecule has 106 valence electrons. The van der Waals surface area contributed by atoms with Gasteiger partial charge in [-0.25, -0.2) is 0 Å². The van der Waals surface area contributed by atoms with Gasteiger partial charge in [0.05, 0.1) is 11.9 Å². The van der Waals surface area contributed by atoms with Crippen molar-refractivity contribution in [2.75, 3.05) is 14.1 Å². The van der Waals surface area contributed by atoms with Gasteiger partial charge in [-0.05, 0) is 31.3 Å². The first-order chi connectivity index (χ1) is 10.0. The standard InChI is InChI=1S/C16H16N4O/c1-12-4-6-14(7-5-12)20-16(21)15(10-17)13(11-18-20)8-9-19(2)3/h4-9,11H,1-3H3/b9-8+. The maximum Gasteiger partial charge on any atom is 0.290 e. The summed E-state index contributed by atoms with van der Waals surface area (Å²) in [5.41, 5.74) is 1.92. The summed E-state index contributed by atoms with van der Waals surface area (Å²) in [6, 6.07) is 9.37. The van der Waals surface area contributed by atoms with Crippen molar-refractivity contribution in [2.45, 2.75) is 6.92 Å². The molecule has 5 heteroatoms. The van der Waals surface area contributed by atoms with Gasteiger partial charge in [-0.2, -0.15) is 15.0 Å². The van der Waals surface area contributed by atoms with Gasteiger partial charge in [0.2, 0.25) is 0 Å². The van der Waals surface area contributed by atoms with Crippen molar-refractivity contribution in [1.29, 1.82) is 5.26 Å². The van der Waals surface area contributed by atoms with Crippen molar-refractivity contribution in [3.8, 4) is 11.8 Å². The lowest BCUT2D eigenvalue weighted by atomic mass is 10.1. The Bertz CT molecular complexity index is 764. The molecule has 0 unspecified atom stereocenters. The van der Waals surface area contributed by atoms with E-state index in [1.165, 1.54) is 10.9 Å². The predicted molar refractivity (Wildman–Crippen MR) is 82.0 cm³/mol. The molecule has 0 fully saturated rings. The second kappa shape index (κ2) is 6.06. The number of aromatic nitrogens is 2. The van der Waals surface area contributed by atoms with Crippen LogP contribution >= 0.6 is 0 Å². The number of nitriles is 1. The van der Waals surface area contributed by atoms with E-state index >= 15 is 0 Å². The highest BCUT2D eigenvalue weighted by Gasteiger charge is 2.10. The molecular weight excluding hydrogens is 264 g/mol. The van der Waals surface area contributed by atoms with E-state index in [1.54, 1.807) is 24.4 Å². The second-order valence-electron chi connectivity index (χ2n) is 4.92. The lowest BCUT2D eigenvalue weighted by Crippen LogP contribution is -2.24. The Morgan fingerprint density at radius 2 is 1.95 bits per heavy atom. The molecule has 0 spiro atoms. The maximum atomic E-state index is 12.4. The molecule has 1 heterocycles. The molecule has 0 atom stereocenters. The summed E-state index contributed by atoms with van der Waals surface area (Å²) in [6.07, 6.45) is 5.00. The fraction of sp³-hybridized carbons (Fsp3) is 0.188. The Labute approximate surface area is 123 Å². The lowest BCUT2D eigenvalue weighted by molar-refractivity contribution is 0.567. The average Bonchev–Trinajstić information content (AvgIpc) is 2.46. The molecule has 0 amide bonds. The van der Waals surface area contributed by atoms with E-state index in [0.717, 1.165) is 5.56 Å². The third-order valence-electron chi connectivity index (χ3n) is 2.95. The SMILES string of the molecule is Cc1ccc(-n2ncc(/C=C/N(C)C)c(C#N)c2=O)cc1. The number of benzene rings is 1. The molecule has 1 aromatic carbocycles. The summed E-state index contributed by atoms with van der Waals surface area (Å²) in [7, 11) is 3.73.